The molecule has 0 bridgehead atoms. The standard InChI is InChI=1S/C19H20ClNO6S/c1-4-26-18(23)14-11(2)15(19(24)27-9-8-25-3)28-17(14)21-16(22)12-6-5-7-13(20)10-12/h5-7,10H,4,8-9H2,1-3H3,(H,21,22). The van der Waals surface area contributed by atoms with Gasteiger partial charge in [-0.25, -0.2) is 9.59 Å². The fourth-order valence-electron chi connectivity index (χ4n) is 2.33. The molecular formula is C19H20ClNO6S. The number of esters is 2. The summed E-state index contributed by atoms with van der Waals surface area (Å²) < 4.78 is 15.1. The molecule has 0 saturated carbocycles. The summed E-state index contributed by atoms with van der Waals surface area (Å²) in [6, 6.07) is 6.38. The SMILES string of the molecule is CCOC(=O)c1c(NC(=O)c2cccc(Cl)c2)sc(C(=O)OCCOC)c1C. The number of benzene rings is 1. The number of nitrogens with one attached hydrogen (secondary N) is 1. The number of anilines is 1. The smallest absolute Gasteiger partial charge is 0.348 e. The predicted octanol–water partition coefficient (Wildman–Crippen LogP) is 3.94. The Labute approximate surface area is 171 Å². The molecule has 1 aromatic carbocycles. The lowest BCUT2D eigenvalue weighted by Gasteiger charge is -2.07. The number of ether oxygens (including phenoxy) is 3. The summed E-state index contributed by atoms with van der Waals surface area (Å²) in [7, 11) is 1.49. The average molecular weight is 426 g/mol. The summed E-state index contributed by atoms with van der Waals surface area (Å²) in [4.78, 5) is 37.5. The molecule has 9 heteroatoms. The van der Waals surface area contributed by atoms with Crippen LogP contribution >= 0.6 is 22.9 Å². The van der Waals surface area contributed by atoms with E-state index < -0.39 is 17.8 Å². The van der Waals surface area contributed by atoms with Gasteiger partial charge in [-0.15, -0.1) is 11.3 Å². The van der Waals surface area contributed by atoms with E-state index in [0.29, 0.717) is 16.1 Å². The van der Waals surface area contributed by atoms with E-state index in [1.54, 1.807) is 32.0 Å². The Balaban J connectivity index is 2.35. The highest BCUT2D eigenvalue weighted by Gasteiger charge is 2.27. The lowest BCUT2D eigenvalue weighted by Crippen LogP contribution is -2.15. The maximum atomic E-state index is 12.6. The Morgan fingerprint density at radius 3 is 2.54 bits per heavy atom. The first-order chi connectivity index (χ1) is 13.4. The van der Waals surface area contributed by atoms with Crippen molar-refractivity contribution in [3.63, 3.8) is 0 Å². The normalized spacial score (nSPS) is 10.4. The zero-order valence-electron chi connectivity index (χ0n) is 15.7. The maximum absolute atomic E-state index is 12.6. The van der Waals surface area contributed by atoms with Crippen LogP contribution in [0.1, 0.15) is 42.9 Å². The van der Waals surface area contributed by atoms with E-state index in [9.17, 15) is 14.4 Å². The highest BCUT2D eigenvalue weighted by Crippen LogP contribution is 2.34. The summed E-state index contributed by atoms with van der Waals surface area (Å²) in [6.45, 7) is 3.75. The van der Waals surface area contributed by atoms with Crippen molar-refractivity contribution in [3.05, 3.63) is 50.9 Å². The van der Waals surface area contributed by atoms with Gasteiger partial charge in [0.2, 0.25) is 0 Å². The summed E-state index contributed by atoms with van der Waals surface area (Å²) >= 11 is 6.88. The molecule has 0 saturated heterocycles. The second-order valence-corrected chi connectivity index (χ2v) is 7.03. The Kier molecular flexibility index (Phi) is 7.98. The van der Waals surface area contributed by atoms with Crippen molar-refractivity contribution in [2.24, 2.45) is 0 Å². The molecule has 1 amide bonds. The molecule has 1 heterocycles. The second kappa shape index (κ2) is 10.2. The summed E-state index contributed by atoms with van der Waals surface area (Å²) in [5.41, 5.74) is 0.825. The van der Waals surface area contributed by atoms with Gasteiger partial charge in [-0.3, -0.25) is 4.79 Å². The van der Waals surface area contributed by atoms with Crippen LogP contribution < -0.4 is 5.32 Å². The zero-order valence-corrected chi connectivity index (χ0v) is 17.2. The van der Waals surface area contributed by atoms with Gasteiger partial charge >= 0.3 is 11.9 Å². The maximum Gasteiger partial charge on any atom is 0.348 e. The van der Waals surface area contributed by atoms with Gasteiger partial charge in [0.15, 0.2) is 0 Å². The van der Waals surface area contributed by atoms with Crippen molar-refractivity contribution < 1.29 is 28.6 Å². The number of carbonyl (C=O) groups excluding carboxylic acids is 3. The molecule has 0 unspecified atom stereocenters. The summed E-state index contributed by atoms with van der Waals surface area (Å²) in [5.74, 6) is -1.70. The first-order valence-electron chi connectivity index (χ1n) is 8.42. The lowest BCUT2D eigenvalue weighted by atomic mass is 10.1. The molecule has 2 rings (SSSR count). The molecule has 150 valence electrons. The fourth-order valence-corrected chi connectivity index (χ4v) is 3.61. The van der Waals surface area contributed by atoms with Crippen molar-refractivity contribution >= 4 is 45.8 Å². The molecule has 28 heavy (non-hydrogen) atoms. The fraction of sp³-hybridized carbons (Fsp3) is 0.316. The van der Waals surface area contributed by atoms with E-state index in [0.717, 1.165) is 11.3 Å². The topological polar surface area (TPSA) is 90.9 Å². The van der Waals surface area contributed by atoms with Gasteiger partial charge in [0.25, 0.3) is 5.91 Å². The number of halogens is 1. The largest absolute Gasteiger partial charge is 0.462 e. The van der Waals surface area contributed by atoms with Crippen LogP contribution in [-0.4, -0.2) is 44.8 Å². The molecule has 0 aliphatic rings. The van der Waals surface area contributed by atoms with Gasteiger partial charge < -0.3 is 19.5 Å². The first kappa shape index (κ1) is 21.9. The molecule has 0 aliphatic heterocycles. The molecule has 0 atom stereocenters. The van der Waals surface area contributed by atoms with Crippen molar-refractivity contribution in [3.8, 4) is 0 Å². The molecule has 1 N–H and O–H groups in total. The molecule has 0 aliphatic carbocycles. The predicted molar refractivity (Wildman–Crippen MR) is 107 cm³/mol. The molecular weight excluding hydrogens is 406 g/mol. The minimum Gasteiger partial charge on any atom is -0.462 e. The summed E-state index contributed by atoms with van der Waals surface area (Å²) in [5, 5.41) is 3.28. The second-order valence-electron chi connectivity index (χ2n) is 5.57. The number of rotatable bonds is 8. The number of hydrogen-bond donors (Lipinski definition) is 1. The number of thiophene rings is 1. The molecule has 0 radical (unpaired) electrons. The van der Waals surface area contributed by atoms with Crippen molar-refractivity contribution in [2.75, 3.05) is 32.2 Å². The average Bonchev–Trinajstić information content (AvgIpc) is 2.98. The van der Waals surface area contributed by atoms with Crippen molar-refractivity contribution in [2.45, 2.75) is 13.8 Å². The Morgan fingerprint density at radius 2 is 1.89 bits per heavy atom. The van der Waals surface area contributed by atoms with Crippen LogP contribution in [0, 0.1) is 6.92 Å². The Morgan fingerprint density at radius 1 is 1.14 bits per heavy atom. The minimum atomic E-state index is -0.631. The van der Waals surface area contributed by atoms with Crippen LogP contribution in [-0.2, 0) is 14.2 Å². The van der Waals surface area contributed by atoms with E-state index in [-0.39, 0.29) is 35.3 Å². The quantitative estimate of drug-likeness (QED) is 0.508. The van der Waals surface area contributed by atoms with Gasteiger partial charge in [-0.2, -0.15) is 0 Å². The third kappa shape index (κ3) is 5.31. The van der Waals surface area contributed by atoms with Crippen LogP contribution in [0.25, 0.3) is 0 Å². The summed E-state index contributed by atoms with van der Waals surface area (Å²) in [6.07, 6.45) is 0. The number of amides is 1. The molecule has 2 aromatic rings. The van der Waals surface area contributed by atoms with Gasteiger partial charge in [-0.1, -0.05) is 17.7 Å². The molecule has 0 spiro atoms. The van der Waals surface area contributed by atoms with Crippen LogP contribution in [0.5, 0.6) is 0 Å². The van der Waals surface area contributed by atoms with Crippen LogP contribution in [0.2, 0.25) is 5.02 Å². The highest BCUT2D eigenvalue weighted by atomic mass is 35.5. The van der Waals surface area contributed by atoms with Crippen LogP contribution in [0.15, 0.2) is 24.3 Å². The van der Waals surface area contributed by atoms with E-state index >= 15 is 0 Å². The number of carbonyl (C=O) groups is 3. The third-order valence-corrected chi connectivity index (χ3v) is 5.07. The van der Waals surface area contributed by atoms with E-state index in [1.165, 1.54) is 13.2 Å². The minimum absolute atomic E-state index is 0.0750. The molecule has 7 nitrogen and oxygen atoms in total. The van der Waals surface area contributed by atoms with Crippen molar-refractivity contribution in [1.29, 1.82) is 0 Å². The monoisotopic (exact) mass is 425 g/mol. The number of methoxy groups -OCH3 is 1. The Bertz CT molecular complexity index is 879. The highest BCUT2D eigenvalue weighted by molar-refractivity contribution is 7.18. The van der Waals surface area contributed by atoms with E-state index in [4.69, 9.17) is 25.8 Å². The zero-order chi connectivity index (χ0) is 20.7. The van der Waals surface area contributed by atoms with E-state index in [1.807, 2.05) is 0 Å². The molecule has 0 fully saturated rings. The molecule has 1 aromatic heterocycles. The third-order valence-electron chi connectivity index (χ3n) is 3.65. The lowest BCUT2D eigenvalue weighted by molar-refractivity contribution is 0.0392. The van der Waals surface area contributed by atoms with E-state index in [2.05, 4.69) is 5.32 Å². The first-order valence-corrected chi connectivity index (χ1v) is 9.62. The van der Waals surface area contributed by atoms with Crippen molar-refractivity contribution in [1.82, 2.24) is 0 Å². The van der Waals surface area contributed by atoms with Gasteiger partial charge in [0.05, 0.1) is 18.8 Å². The van der Waals surface area contributed by atoms with Crippen LogP contribution in [0.3, 0.4) is 0 Å². The van der Waals surface area contributed by atoms with Gasteiger partial charge in [0.1, 0.15) is 16.5 Å². The Hall–Kier alpha value is -2.42. The van der Waals surface area contributed by atoms with Gasteiger partial charge in [-0.05, 0) is 37.6 Å². The van der Waals surface area contributed by atoms with Gasteiger partial charge in [0, 0.05) is 17.7 Å². The number of hydrogen-bond acceptors (Lipinski definition) is 7. The van der Waals surface area contributed by atoms with Crippen LogP contribution in [0.4, 0.5) is 5.00 Å².